The van der Waals surface area contributed by atoms with Gasteiger partial charge in [-0.2, -0.15) is 0 Å². The number of carbonyl (C=O) groups is 1. The largest absolute Gasteiger partial charge is 0.342 e. The van der Waals surface area contributed by atoms with Crippen molar-refractivity contribution in [3.8, 4) is 0 Å². The third kappa shape index (κ3) is 1.74. The molecule has 1 aromatic heterocycles. The van der Waals surface area contributed by atoms with Crippen LogP contribution in [0, 0.1) is 0 Å². The third-order valence-electron chi connectivity index (χ3n) is 2.02. The molecule has 13 heavy (non-hydrogen) atoms. The highest BCUT2D eigenvalue weighted by Crippen LogP contribution is 2.14. The maximum atomic E-state index is 10.4. The molecule has 1 saturated heterocycles. The lowest BCUT2D eigenvalue weighted by molar-refractivity contribution is -0.118. The van der Waals surface area contributed by atoms with Gasteiger partial charge in [0.25, 0.3) is 0 Å². The molecule has 0 aromatic carbocycles. The van der Waals surface area contributed by atoms with Gasteiger partial charge in [0, 0.05) is 37.7 Å². The van der Waals surface area contributed by atoms with Crippen molar-refractivity contribution in [1.29, 1.82) is 0 Å². The lowest BCUT2D eigenvalue weighted by Crippen LogP contribution is -2.45. The average molecular weight is 199 g/mol. The lowest BCUT2D eigenvalue weighted by Gasteiger charge is -2.31. The summed E-state index contributed by atoms with van der Waals surface area (Å²) in [5.41, 5.74) is 0. The van der Waals surface area contributed by atoms with Crippen molar-refractivity contribution in [2.24, 2.45) is 0 Å². The Kier molecular flexibility index (Phi) is 2.35. The summed E-state index contributed by atoms with van der Waals surface area (Å²) in [5, 5.41) is 8.24. The summed E-state index contributed by atoms with van der Waals surface area (Å²) in [4.78, 5) is 14.3. The number of aromatic nitrogens is 3. The summed E-state index contributed by atoms with van der Waals surface area (Å²) in [6, 6.07) is 0. The van der Waals surface area contributed by atoms with Gasteiger partial charge in [0.15, 0.2) is 0 Å². The van der Waals surface area contributed by atoms with Crippen LogP contribution in [0.4, 0.5) is 5.13 Å². The van der Waals surface area contributed by atoms with E-state index in [-0.39, 0.29) is 0 Å². The number of piperazine rings is 1. The summed E-state index contributed by atoms with van der Waals surface area (Å²) in [7, 11) is 0. The third-order valence-corrected chi connectivity index (χ3v) is 2.68. The topological polar surface area (TPSA) is 62.2 Å². The van der Waals surface area contributed by atoms with Gasteiger partial charge in [-0.1, -0.05) is 9.59 Å². The maximum Gasteiger partial charge on any atom is 0.227 e. The molecule has 1 aliphatic heterocycles. The zero-order valence-electron chi connectivity index (χ0n) is 6.96. The van der Waals surface area contributed by atoms with Crippen molar-refractivity contribution in [2.75, 3.05) is 31.1 Å². The Balaban J connectivity index is 1.95. The Hall–Kier alpha value is -1.24. The highest BCUT2D eigenvalue weighted by Gasteiger charge is 2.17. The van der Waals surface area contributed by atoms with Crippen LogP contribution in [0.15, 0.2) is 0 Å². The first-order valence-electron chi connectivity index (χ1n) is 3.99. The minimum atomic E-state index is 0.753. The Labute approximate surface area is 79.3 Å². The van der Waals surface area contributed by atoms with Gasteiger partial charge in [-0.05, 0) is 5.21 Å². The molecular weight excluding hydrogens is 190 g/mol. The summed E-state index contributed by atoms with van der Waals surface area (Å²) >= 11 is 1.29. The molecule has 1 aliphatic rings. The van der Waals surface area contributed by atoms with Gasteiger partial charge in [0.2, 0.25) is 11.5 Å². The van der Waals surface area contributed by atoms with Gasteiger partial charge in [-0.25, -0.2) is 0 Å². The van der Waals surface area contributed by atoms with E-state index in [0.29, 0.717) is 0 Å². The molecule has 0 spiro atoms. The van der Waals surface area contributed by atoms with E-state index in [1.807, 2.05) is 0 Å². The van der Waals surface area contributed by atoms with E-state index >= 15 is 0 Å². The van der Waals surface area contributed by atoms with Crippen molar-refractivity contribution < 1.29 is 4.79 Å². The quantitative estimate of drug-likeness (QED) is 0.584. The molecule has 2 heterocycles. The Morgan fingerprint density at radius 2 is 2.08 bits per heavy atom. The van der Waals surface area contributed by atoms with E-state index in [4.69, 9.17) is 0 Å². The normalized spacial score (nSPS) is 17.5. The smallest absolute Gasteiger partial charge is 0.227 e. The zero-order chi connectivity index (χ0) is 9.10. The Morgan fingerprint density at radius 1 is 1.31 bits per heavy atom. The molecule has 0 saturated carbocycles. The van der Waals surface area contributed by atoms with Gasteiger partial charge >= 0.3 is 0 Å². The lowest BCUT2D eigenvalue weighted by atomic mass is 10.3. The van der Waals surface area contributed by atoms with Gasteiger partial charge in [0.1, 0.15) is 0 Å². The van der Waals surface area contributed by atoms with Crippen molar-refractivity contribution in [1.82, 2.24) is 19.7 Å². The van der Waals surface area contributed by atoms with Crippen molar-refractivity contribution in [3.05, 3.63) is 0 Å². The van der Waals surface area contributed by atoms with E-state index in [9.17, 15) is 4.79 Å². The number of carbonyl (C=O) groups excluding carboxylic acids is 1. The molecular formula is C6H9N5OS. The average Bonchev–Trinajstić information content (AvgIpc) is 2.71. The Morgan fingerprint density at radius 3 is 2.62 bits per heavy atom. The van der Waals surface area contributed by atoms with E-state index in [1.54, 1.807) is 4.90 Å². The molecule has 70 valence electrons. The molecule has 0 N–H and O–H groups in total. The van der Waals surface area contributed by atoms with E-state index in [1.165, 1.54) is 11.5 Å². The number of anilines is 1. The second-order valence-corrected chi connectivity index (χ2v) is 3.48. The van der Waals surface area contributed by atoms with Crippen molar-refractivity contribution in [3.63, 3.8) is 0 Å². The molecule has 0 radical (unpaired) electrons. The van der Waals surface area contributed by atoms with E-state index in [0.717, 1.165) is 37.7 Å². The molecule has 0 atom stereocenters. The molecule has 0 unspecified atom stereocenters. The number of nitrogens with zero attached hydrogens (tertiary/aromatic N) is 5. The number of rotatable bonds is 2. The predicted octanol–water partition coefficient (Wildman–Crippen LogP) is -0.789. The molecule has 7 heteroatoms. The van der Waals surface area contributed by atoms with Crippen LogP contribution in [0.1, 0.15) is 0 Å². The summed E-state index contributed by atoms with van der Waals surface area (Å²) in [6.45, 7) is 3.14. The van der Waals surface area contributed by atoms with Crippen molar-refractivity contribution in [2.45, 2.75) is 0 Å². The molecule has 2 rings (SSSR count). The SMILES string of the molecule is O=CN1CCN(c2nnns2)CC1. The fourth-order valence-electron chi connectivity index (χ4n) is 1.27. The predicted molar refractivity (Wildman–Crippen MR) is 47.6 cm³/mol. The van der Waals surface area contributed by atoms with Crippen LogP contribution in [0.3, 0.4) is 0 Å². The monoisotopic (exact) mass is 199 g/mol. The van der Waals surface area contributed by atoms with Crippen LogP contribution >= 0.6 is 11.5 Å². The summed E-state index contributed by atoms with van der Waals surface area (Å²) < 4.78 is 3.69. The molecule has 0 bridgehead atoms. The highest BCUT2D eigenvalue weighted by molar-refractivity contribution is 7.09. The minimum absolute atomic E-state index is 0.753. The first kappa shape index (κ1) is 8.36. The van der Waals surface area contributed by atoms with Crippen molar-refractivity contribution >= 4 is 23.1 Å². The number of amides is 1. The summed E-state index contributed by atoms with van der Waals surface area (Å²) in [5.74, 6) is 0. The van der Waals surface area contributed by atoms with Crippen LogP contribution in [0.25, 0.3) is 0 Å². The van der Waals surface area contributed by atoms with Crippen LogP contribution in [-0.2, 0) is 4.79 Å². The van der Waals surface area contributed by atoms with Gasteiger partial charge in [0.05, 0.1) is 0 Å². The molecule has 0 aliphatic carbocycles. The van der Waals surface area contributed by atoms with E-state index < -0.39 is 0 Å². The van der Waals surface area contributed by atoms with Gasteiger partial charge in [-0.15, -0.1) is 0 Å². The highest BCUT2D eigenvalue weighted by atomic mass is 32.1. The fraction of sp³-hybridized carbons (Fsp3) is 0.667. The molecule has 1 fully saturated rings. The summed E-state index contributed by atoms with van der Waals surface area (Å²) in [6.07, 6.45) is 0.885. The van der Waals surface area contributed by atoms with Crippen LogP contribution in [-0.4, -0.2) is 52.3 Å². The fourth-order valence-corrected chi connectivity index (χ4v) is 1.79. The van der Waals surface area contributed by atoms with E-state index in [2.05, 4.69) is 19.7 Å². The maximum absolute atomic E-state index is 10.4. The zero-order valence-corrected chi connectivity index (χ0v) is 7.77. The first-order valence-corrected chi connectivity index (χ1v) is 4.77. The number of hydrogen-bond acceptors (Lipinski definition) is 6. The first-order chi connectivity index (χ1) is 6.40. The van der Waals surface area contributed by atoms with Crippen LogP contribution < -0.4 is 4.90 Å². The molecule has 1 aromatic rings. The van der Waals surface area contributed by atoms with Crippen LogP contribution in [0.2, 0.25) is 0 Å². The molecule has 6 nitrogen and oxygen atoms in total. The second kappa shape index (κ2) is 3.65. The van der Waals surface area contributed by atoms with Gasteiger partial charge < -0.3 is 9.80 Å². The second-order valence-electron chi connectivity index (χ2n) is 2.77. The van der Waals surface area contributed by atoms with Gasteiger partial charge in [-0.3, -0.25) is 4.79 Å². The van der Waals surface area contributed by atoms with Crippen LogP contribution in [0.5, 0.6) is 0 Å². The standard InChI is InChI=1S/C6H9N5OS/c12-5-10-1-3-11(4-2-10)6-7-8-9-13-6/h5H,1-4H2. The number of hydrogen-bond donors (Lipinski definition) is 0. The Bertz CT molecular complexity index is 269. The minimum Gasteiger partial charge on any atom is -0.342 e. The molecule has 1 amide bonds.